The number of hydrogen-bond donors (Lipinski definition) is 0. The number of para-hydroxylation sites is 2. The average molecular weight is 352 g/mol. The lowest BCUT2D eigenvalue weighted by molar-refractivity contribution is -0.125. The zero-order chi connectivity index (χ0) is 18.4. The van der Waals surface area contributed by atoms with Crippen molar-refractivity contribution in [2.75, 3.05) is 27.3 Å². The predicted octanol–water partition coefficient (Wildman–Crippen LogP) is 3.39. The monoisotopic (exact) mass is 352 g/mol. The van der Waals surface area contributed by atoms with Crippen molar-refractivity contribution in [3.05, 3.63) is 60.5 Å². The van der Waals surface area contributed by atoms with Gasteiger partial charge in [0.1, 0.15) is 23.6 Å². The number of rotatable bonds is 7. The molecule has 0 atom stereocenters. The van der Waals surface area contributed by atoms with Crippen LogP contribution in [0.1, 0.15) is 5.89 Å². The number of aromatic nitrogens is 1. The van der Waals surface area contributed by atoms with Crippen molar-refractivity contribution < 1.29 is 18.7 Å². The molecule has 0 fully saturated rings. The summed E-state index contributed by atoms with van der Waals surface area (Å²) in [6, 6.07) is 14.8. The number of amides is 1. The Morgan fingerprint density at radius 3 is 2.62 bits per heavy atom. The Bertz CT molecular complexity index is 867. The fourth-order valence-corrected chi connectivity index (χ4v) is 2.31. The lowest BCUT2D eigenvalue weighted by atomic mass is 10.3. The Labute approximate surface area is 151 Å². The summed E-state index contributed by atoms with van der Waals surface area (Å²) in [4.78, 5) is 18.0. The first-order chi connectivity index (χ1) is 12.7. The van der Waals surface area contributed by atoms with E-state index in [4.69, 9.17) is 13.9 Å². The Morgan fingerprint density at radius 2 is 1.88 bits per heavy atom. The van der Waals surface area contributed by atoms with E-state index < -0.39 is 0 Å². The van der Waals surface area contributed by atoms with Gasteiger partial charge < -0.3 is 18.8 Å². The van der Waals surface area contributed by atoms with Gasteiger partial charge in [-0.05, 0) is 36.4 Å². The number of ether oxygens (including phenoxy) is 2. The number of methoxy groups -OCH3 is 1. The molecule has 1 heterocycles. The highest BCUT2D eigenvalue weighted by Gasteiger charge is 2.07. The van der Waals surface area contributed by atoms with Crippen molar-refractivity contribution in [1.82, 2.24) is 9.88 Å². The van der Waals surface area contributed by atoms with Gasteiger partial charge in [0, 0.05) is 19.2 Å². The maximum Gasteiger partial charge on any atom is 0.246 e. The SMILES string of the molecule is COc1ccc(OCCN(C)C(=O)/C=C/c2nc3ccccc3o2)cc1. The van der Waals surface area contributed by atoms with Gasteiger partial charge in [-0.25, -0.2) is 4.98 Å². The molecule has 0 saturated heterocycles. The highest BCUT2D eigenvalue weighted by atomic mass is 16.5. The molecule has 0 aliphatic carbocycles. The second kappa shape index (κ2) is 8.20. The molecule has 0 unspecified atom stereocenters. The molecule has 6 nitrogen and oxygen atoms in total. The van der Waals surface area contributed by atoms with E-state index in [0.717, 1.165) is 17.0 Å². The number of carbonyl (C=O) groups excluding carboxylic acids is 1. The van der Waals surface area contributed by atoms with Gasteiger partial charge in [0.25, 0.3) is 0 Å². The minimum absolute atomic E-state index is 0.148. The quantitative estimate of drug-likeness (QED) is 0.610. The average Bonchev–Trinajstić information content (AvgIpc) is 3.09. The van der Waals surface area contributed by atoms with Crippen molar-refractivity contribution in [2.45, 2.75) is 0 Å². The first kappa shape index (κ1) is 17.5. The van der Waals surface area contributed by atoms with Crippen LogP contribution in [0.15, 0.2) is 59.0 Å². The minimum Gasteiger partial charge on any atom is -0.497 e. The molecule has 1 aromatic heterocycles. The van der Waals surface area contributed by atoms with Crippen LogP contribution in [0.5, 0.6) is 11.5 Å². The molecule has 0 aliphatic rings. The molecule has 0 N–H and O–H groups in total. The Kier molecular flexibility index (Phi) is 5.53. The Hall–Kier alpha value is -3.28. The van der Waals surface area contributed by atoms with Gasteiger partial charge in [0.05, 0.1) is 13.7 Å². The molecule has 0 radical (unpaired) electrons. The van der Waals surface area contributed by atoms with Gasteiger partial charge in [-0.1, -0.05) is 12.1 Å². The van der Waals surface area contributed by atoms with E-state index in [1.165, 1.54) is 6.08 Å². The third-order valence-corrected chi connectivity index (χ3v) is 3.81. The van der Waals surface area contributed by atoms with E-state index in [9.17, 15) is 4.79 Å². The maximum atomic E-state index is 12.2. The van der Waals surface area contributed by atoms with Crippen molar-refractivity contribution in [3.63, 3.8) is 0 Å². The third-order valence-electron chi connectivity index (χ3n) is 3.81. The van der Waals surface area contributed by atoms with E-state index >= 15 is 0 Å². The smallest absolute Gasteiger partial charge is 0.246 e. The second-order valence-electron chi connectivity index (χ2n) is 5.64. The van der Waals surface area contributed by atoms with Crippen LogP contribution < -0.4 is 9.47 Å². The Balaban J connectivity index is 1.49. The van der Waals surface area contributed by atoms with Crippen LogP contribution in [0.3, 0.4) is 0 Å². The molecule has 1 amide bonds. The molecule has 2 aromatic carbocycles. The molecule has 0 spiro atoms. The molecule has 0 aliphatic heterocycles. The van der Waals surface area contributed by atoms with E-state index in [2.05, 4.69) is 4.98 Å². The van der Waals surface area contributed by atoms with E-state index in [0.29, 0.717) is 24.6 Å². The zero-order valence-corrected chi connectivity index (χ0v) is 14.7. The summed E-state index contributed by atoms with van der Waals surface area (Å²) in [5.41, 5.74) is 1.46. The van der Waals surface area contributed by atoms with Crippen molar-refractivity contribution in [2.24, 2.45) is 0 Å². The molecule has 0 bridgehead atoms. The number of benzene rings is 2. The number of hydrogen-bond acceptors (Lipinski definition) is 5. The van der Waals surface area contributed by atoms with Crippen LogP contribution in [-0.2, 0) is 4.79 Å². The second-order valence-corrected chi connectivity index (χ2v) is 5.64. The lowest BCUT2D eigenvalue weighted by Crippen LogP contribution is -2.29. The van der Waals surface area contributed by atoms with Crippen molar-refractivity contribution in [3.8, 4) is 11.5 Å². The van der Waals surface area contributed by atoms with E-state index in [1.807, 2.05) is 48.5 Å². The number of likely N-dealkylation sites (N-methyl/N-ethyl adjacent to an activating group) is 1. The van der Waals surface area contributed by atoms with Crippen LogP contribution in [-0.4, -0.2) is 43.1 Å². The van der Waals surface area contributed by atoms with Crippen LogP contribution in [0.2, 0.25) is 0 Å². The predicted molar refractivity (Wildman–Crippen MR) is 99.2 cm³/mol. The number of fused-ring (bicyclic) bond motifs is 1. The van der Waals surface area contributed by atoms with Gasteiger partial charge in [0.15, 0.2) is 5.58 Å². The summed E-state index contributed by atoms with van der Waals surface area (Å²) in [6.07, 6.45) is 3.02. The van der Waals surface area contributed by atoms with Gasteiger partial charge >= 0.3 is 0 Å². The normalized spacial score (nSPS) is 11.0. The van der Waals surface area contributed by atoms with Crippen LogP contribution in [0.4, 0.5) is 0 Å². The largest absolute Gasteiger partial charge is 0.497 e. The van der Waals surface area contributed by atoms with Gasteiger partial charge in [0.2, 0.25) is 11.8 Å². The molecule has 0 saturated carbocycles. The molecule has 3 aromatic rings. The van der Waals surface area contributed by atoms with Crippen LogP contribution in [0, 0.1) is 0 Å². The number of oxazole rings is 1. The first-order valence-electron chi connectivity index (χ1n) is 8.21. The van der Waals surface area contributed by atoms with Gasteiger partial charge in [-0.2, -0.15) is 0 Å². The van der Waals surface area contributed by atoms with Crippen LogP contribution >= 0.6 is 0 Å². The summed E-state index contributed by atoms with van der Waals surface area (Å²) >= 11 is 0. The highest BCUT2D eigenvalue weighted by molar-refractivity contribution is 5.91. The molecular formula is C20H20N2O4. The minimum atomic E-state index is -0.148. The lowest BCUT2D eigenvalue weighted by Gasteiger charge is -2.15. The third kappa shape index (κ3) is 4.42. The fourth-order valence-electron chi connectivity index (χ4n) is 2.31. The molecule has 3 rings (SSSR count). The standard InChI is InChI=1S/C20H20N2O4/c1-22(13-14-25-16-9-7-15(24-2)8-10-16)20(23)12-11-19-21-17-5-3-4-6-18(17)26-19/h3-12H,13-14H2,1-2H3/b12-11+. The van der Waals surface area contributed by atoms with E-state index in [1.54, 1.807) is 25.1 Å². The van der Waals surface area contributed by atoms with Crippen molar-refractivity contribution >= 4 is 23.1 Å². The fraction of sp³-hybridized carbons (Fsp3) is 0.200. The summed E-state index contributed by atoms with van der Waals surface area (Å²) in [6.45, 7) is 0.855. The summed E-state index contributed by atoms with van der Waals surface area (Å²) in [7, 11) is 3.33. The Morgan fingerprint density at radius 1 is 1.15 bits per heavy atom. The first-order valence-corrected chi connectivity index (χ1v) is 8.21. The van der Waals surface area contributed by atoms with E-state index in [-0.39, 0.29) is 5.91 Å². The topological polar surface area (TPSA) is 64.8 Å². The number of carbonyl (C=O) groups is 1. The molecule has 134 valence electrons. The zero-order valence-electron chi connectivity index (χ0n) is 14.7. The number of nitrogens with zero attached hydrogens (tertiary/aromatic N) is 2. The maximum absolute atomic E-state index is 12.2. The summed E-state index contributed by atoms with van der Waals surface area (Å²) < 4.78 is 16.3. The molecule has 26 heavy (non-hydrogen) atoms. The molecular weight excluding hydrogens is 332 g/mol. The summed E-state index contributed by atoms with van der Waals surface area (Å²) in [5, 5.41) is 0. The van der Waals surface area contributed by atoms with Crippen molar-refractivity contribution in [1.29, 1.82) is 0 Å². The van der Waals surface area contributed by atoms with Gasteiger partial charge in [-0.15, -0.1) is 0 Å². The molecule has 6 heteroatoms. The summed E-state index contributed by atoms with van der Waals surface area (Å²) in [5.74, 6) is 1.76. The van der Waals surface area contributed by atoms with Crippen LogP contribution in [0.25, 0.3) is 17.2 Å². The van der Waals surface area contributed by atoms with Gasteiger partial charge in [-0.3, -0.25) is 4.79 Å². The highest BCUT2D eigenvalue weighted by Crippen LogP contribution is 2.17.